The molecule has 10 heteroatoms. The molecule has 0 N–H and O–H groups in total. The SMILES string of the molecule is C=C(C)CC1CC(=O)OC1=O.O=C1OC(=O)C2C3C=CC(C3)C12.O=C1OC(=O)[C@H]2C3CCC(O3)[C@@H]12. The summed E-state index contributed by atoms with van der Waals surface area (Å²) >= 11 is 0. The Labute approximate surface area is 201 Å². The minimum Gasteiger partial charge on any atom is -0.393 e. The van der Waals surface area contributed by atoms with Crippen molar-refractivity contribution < 1.29 is 47.7 Å². The summed E-state index contributed by atoms with van der Waals surface area (Å²) < 4.78 is 19.0. The summed E-state index contributed by atoms with van der Waals surface area (Å²) in [6.07, 6.45) is 7.55. The Morgan fingerprint density at radius 3 is 1.69 bits per heavy atom. The molecule has 7 rings (SSSR count). The van der Waals surface area contributed by atoms with Crippen LogP contribution in [0.2, 0.25) is 0 Å². The van der Waals surface area contributed by atoms with E-state index in [2.05, 4.69) is 20.8 Å². The molecule has 5 saturated heterocycles. The fourth-order valence-electron chi connectivity index (χ4n) is 6.31. The van der Waals surface area contributed by atoms with Crippen LogP contribution in [-0.4, -0.2) is 48.0 Å². The zero-order chi connectivity index (χ0) is 25.0. The molecule has 6 fully saturated rings. The minimum atomic E-state index is -0.416. The highest BCUT2D eigenvalue weighted by Gasteiger charge is 2.61. The van der Waals surface area contributed by atoms with Crippen LogP contribution in [0.15, 0.2) is 24.3 Å². The number of fused-ring (bicyclic) bond motifs is 10. The van der Waals surface area contributed by atoms with Gasteiger partial charge in [0.25, 0.3) is 0 Å². The summed E-state index contributed by atoms with van der Waals surface area (Å²) in [6.45, 7) is 5.49. The van der Waals surface area contributed by atoms with E-state index in [0.717, 1.165) is 24.8 Å². The highest BCUT2D eigenvalue weighted by atomic mass is 16.6. The van der Waals surface area contributed by atoms with Crippen LogP contribution in [0, 0.1) is 41.4 Å². The summed E-state index contributed by atoms with van der Waals surface area (Å²) in [5, 5.41) is 0. The third-order valence-corrected chi connectivity index (χ3v) is 7.78. The van der Waals surface area contributed by atoms with Crippen molar-refractivity contribution in [3.63, 3.8) is 0 Å². The fraction of sp³-hybridized carbons (Fsp3) is 0.600. The Bertz CT molecular complexity index is 1000. The van der Waals surface area contributed by atoms with E-state index in [4.69, 9.17) is 4.74 Å². The first-order chi connectivity index (χ1) is 16.6. The molecule has 0 amide bonds. The molecule has 0 radical (unpaired) electrons. The van der Waals surface area contributed by atoms with E-state index in [9.17, 15) is 28.8 Å². The Hall–Kier alpha value is -3.14. The predicted molar refractivity (Wildman–Crippen MR) is 113 cm³/mol. The van der Waals surface area contributed by atoms with Crippen LogP contribution in [0.4, 0.5) is 0 Å². The van der Waals surface area contributed by atoms with E-state index in [0.29, 0.717) is 6.42 Å². The topological polar surface area (TPSA) is 139 Å². The second-order valence-electron chi connectivity index (χ2n) is 10.2. The fourth-order valence-corrected chi connectivity index (χ4v) is 6.31. The van der Waals surface area contributed by atoms with Gasteiger partial charge in [-0.25, -0.2) is 0 Å². The van der Waals surface area contributed by atoms with Gasteiger partial charge in [0.2, 0.25) is 0 Å². The van der Waals surface area contributed by atoms with Crippen molar-refractivity contribution in [1.29, 1.82) is 0 Å². The van der Waals surface area contributed by atoms with Crippen LogP contribution in [-0.2, 0) is 47.7 Å². The van der Waals surface area contributed by atoms with Gasteiger partial charge in [0.1, 0.15) is 0 Å². The number of esters is 6. The monoisotopic (exact) mass is 486 g/mol. The molecule has 2 aliphatic carbocycles. The van der Waals surface area contributed by atoms with Crippen molar-refractivity contribution in [2.45, 2.75) is 51.2 Å². The van der Waals surface area contributed by atoms with E-state index in [-0.39, 0.29) is 83.9 Å². The summed E-state index contributed by atoms with van der Waals surface area (Å²) in [5.74, 6) is -2.76. The lowest BCUT2D eigenvalue weighted by Gasteiger charge is -2.13. The molecule has 0 aromatic carbocycles. The maximum Gasteiger partial charge on any atom is 0.320 e. The van der Waals surface area contributed by atoms with E-state index in [1.165, 1.54) is 0 Å². The van der Waals surface area contributed by atoms with Crippen LogP contribution in [0.5, 0.6) is 0 Å². The van der Waals surface area contributed by atoms with E-state index in [1.807, 2.05) is 19.1 Å². The van der Waals surface area contributed by atoms with Crippen molar-refractivity contribution in [2.75, 3.05) is 0 Å². The molecule has 186 valence electrons. The summed E-state index contributed by atoms with van der Waals surface area (Å²) in [4.78, 5) is 66.0. The third-order valence-electron chi connectivity index (χ3n) is 7.78. The molecule has 5 aliphatic heterocycles. The number of hydrogen-bond acceptors (Lipinski definition) is 10. The molecular weight excluding hydrogens is 460 g/mol. The first kappa shape index (κ1) is 23.6. The first-order valence-electron chi connectivity index (χ1n) is 11.9. The van der Waals surface area contributed by atoms with Gasteiger partial charge in [-0.05, 0) is 44.4 Å². The summed E-state index contributed by atoms with van der Waals surface area (Å²) in [7, 11) is 0. The van der Waals surface area contributed by atoms with E-state index >= 15 is 0 Å². The molecule has 1 saturated carbocycles. The van der Waals surface area contributed by atoms with Gasteiger partial charge in [0.15, 0.2) is 0 Å². The van der Waals surface area contributed by atoms with Crippen molar-refractivity contribution in [3.05, 3.63) is 24.3 Å². The predicted octanol–water partition coefficient (Wildman–Crippen LogP) is 1.41. The van der Waals surface area contributed by atoms with Crippen LogP contribution in [0.3, 0.4) is 0 Å². The molecule has 0 aromatic rings. The zero-order valence-corrected chi connectivity index (χ0v) is 19.2. The zero-order valence-electron chi connectivity index (χ0n) is 19.2. The lowest BCUT2D eigenvalue weighted by molar-refractivity contribution is -0.157. The van der Waals surface area contributed by atoms with Gasteiger partial charge in [-0.15, -0.1) is 6.58 Å². The van der Waals surface area contributed by atoms with Crippen molar-refractivity contribution in [1.82, 2.24) is 0 Å². The van der Waals surface area contributed by atoms with Gasteiger partial charge in [-0.2, -0.15) is 0 Å². The Balaban J connectivity index is 0.000000109. The molecule has 9 atom stereocenters. The maximum absolute atomic E-state index is 11.2. The average molecular weight is 486 g/mol. The number of hydrogen-bond donors (Lipinski definition) is 0. The molecule has 0 aromatic heterocycles. The molecule has 7 aliphatic rings. The second kappa shape index (κ2) is 8.82. The quantitative estimate of drug-likeness (QED) is 0.244. The first-order valence-corrected chi connectivity index (χ1v) is 11.9. The molecule has 5 heterocycles. The number of carbonyl (C=O) groups excluding carboxylic acids is 6. The summed E-state index contributed by atoms with van der Waals surface area (Å²) in [6, 6.07) is 0. The molecule has 4 bridgehead atoms. The van der Waals surface area contributed by atoms with Crippen molar-refractivity contribution in [2.24, 2.45) is 41.4 Å². The normalized spacial score (nSPS) is 41.0. The second-order valence-corrected chi connectivity index (χ2v) is 10.2. The third kappa shape index (κ3) is 4.13. The Morgan fingerprint density at radius 1 is 0.771 bits per heavy atom. The molecule has 10 nitrogen and oxygen atoms in total. The Kier molecular flexibility index (Phi) is 5.94. The number of cyclic esters (lactones) is 6. The average Bonchev–Trinajstić information content (AvgIpc) is 3.61. The van der Waals surface area contributed by atoms with Gasteiger partial charge in [0, 0.05) is 0 Å². The van der Waals surface area contributed by atoms with Gasteiger partial charge in [0.05, 0.1) is 48.2 Å². The largest absolute Gasteiger partial charge is 0.393 e. The van der Waals surface area contributed by atoms with Crippen LogP contribution >= 0.6 is 0 Å². The molecule has 35 heavy (non-hydrogen) atoms. The number of rotatable bonds is 2. The van der Waals surface area contributed by atoms with Gasteiger partial charge in [-0.3, -0.25) is 28.8 Å². The highest BCUT2D eigenvalue weighted by Crippen LogP contribution is 2.51. The van der Waals surface area contributed by atoms with Gasteiger partial charge in [-0.1, -0.05) is 17.7 Å². The van der Waals surface area contributed by atoms with Gasteiger partial charge >= 0.3 is 35.8 Å². The smallest absolute Gasteiger partial charge is 0.320 e. The maximum atomic E-state index is 11.2. The van der Waals surface area contributed by atoms with Crippen LogP contribution in [0.1, 0.15) is 39.0 Å². The standard InChI is InChI=1S/C9H8O3.C8H8O4.C8H10O3/c10-8-6-4-1-2-5(3-4)7(6)9(11)12-8;9-7-5-3-1-2-4(11-3)6(5)8(10)12-7;1-5(2)3-6-4-7(9)11-8(6)10/h1-2,4-7H,3H2;3-6H,1-2H2;6H,1,3-4H2,2H3/t;3?,4?,5-,6+;. The van der Waals surface area contributed by atoms with E-state index < -0.39 is 11.9 Å². The lowest BCUT2D eigenvalue weighted by atomic mass is 9.81. The molecule has 0 spiro atoms. The molecular formula is C25H26O10. The summed E-state index contributed by atoms with van der Waals surface area (Å²) in [5.41, 5.74) is 0.904. The lowest BCUT2D eigenvalue weighted by Crippen LogP contribution is -2.29. The molecule has 7 unspecified atom stereocenters. The minimum absolute atomic E-state index is 0.0426. The van der Waals surface area contributed by atoms with Gasteiger partial charge < -0.3 is 18.9 Å². The number of carbonyl (C=O) groups is 6. The highest BCUT2D eigenvalue weighted by molar-refractivity contribution is 5.98. The van der Waals surface area contributed by atoms with Crippen LogP contribution < -0.4 is 0 Å². The van der Waals surface area contributed by atoms with Crippen LogP contribution in [0.25, 0.3) is 0 Å². The number of allylic oxidation sites excluding steroid dienone is 3. The number of ether oxygens (including phenoxy) is 4. The van der Waals surface area contributed by atoms with Crippen molar-refractivity contribution >= 4 is 35.8 Å². The Morgan fingerprint density at radius 2 is 1.26 bits per heavy atom. The van der Waals surface area contributed by atoms with Crippen molar-refractivity contribution in [3.8, 4) is 0 Å². The van der Waals surface area contributed by atoms with E-state index in [1.54, 1.807) is 0 Å².